The first-order valence-corrected chi connectivity index (χ1v) is 7.83. The van der Waals surface area contributed by atoms with Gasteiger partial charge in [-0.2, -0.15) is 0 Å². The van der Waals surface area contributed by atoms with Crippen molar-refractivity contribution >= 4 is 5.91 Å². The van der Waals surface area contributed by atoms with Crippen LogP contribution in [-0.4, -0.2) is 23.6 Å². The van der Waals surface area contributed by atoms with Crippen LogP contribution in [-0.2, 0) is 17.8 Å². The van der Waals surface area contributed by atoms with E-state index in [1.54, 1.807) is 18.3 Å². The summed E-state index contributed by atoms with van der Waals surface area (Å²) in [6.45, 7) is 3.00. The number of pyridine rings is 1. The average Bonchev–Trinajstić information content (AvgIpc) is 2.57. The van der Waals surface area contributed by atoms with Crippen molar-refractivity contribution in [3.05, 3.63) is 64.6 Å². The summed E-state index contributed by atoms with van der Waals surface area (Å²) in [6.07, 6.45) is 3.19. The zero-order valence-corrected chi connectivity index (χ0v) is 13.3. The first-order chi connectivity index (χ1) is 11.2. The molecule has 0 radical (unpaired) electrons. The average molecular weight is 314 g/mol. The second-order valence-electron chi connectivity index (χ2n) is 5.24. The number of aromatic nitrogens is 1. The number of rotatable bonds is 8. The van der Waals surface area contributed by atoms with E-state index in [1.165, 1.54) is 10.1 Å². The first kappa shape index (κ1) is 16.8. The monoisotopic (exact) mass is 314 g/mol. The van der Waals surface area contributed by atoms with Crippen molar-refractivity contribution in [2.75, 3.05) is 13.2 Å². The highest BCUT2D eigenvalue weighted by molar-refractivity contribution is 5.75. The fourth-order valence-corrected chi connectivity index (χ4v) is 2.16. The first-order valence-electron chi connectivity index (χ1n) is 7.83. The Morgan fingerprint density at radius 1 is 1.17 bits per heavy atom. The van der Waals surface area contributed by atoms with E-state index in [4.69, 9.17) is 4.74 Å². The quantitative estimate of drug-likeness (QED) is 0.810. The Morgan fingerprint density at radius 2 is 1.96 bits per heavy atom. The summed E-state index contributed by atoms with van der Waals surface area (Å²) in [5.74, 6) is 0.0992. The van der Waals surface area contributed by atoms with Crippen LogP contribution in [0.1, 0.15) is 18.9 Å². The minimum atomic E-state index is -0.279. The van der Waals surface area contributed by atoms with Crippen molar-refractivity contribution in [2.45, 2.75) is 26.3 Å². The summed E-state index contributed by atoms with van der Waals surface area (Å²) >= 11 is 0. The molecule has 0 aliphatic carbocycles. The molecule has 1 heterocycles. The predicted molar refractivity (Wildman–Crippen MR) is 89.6 cm³/mol. The van der Waals surface area contributed by atoms with Crippen molar-refractivity contribution in [2.24, 2.45) is 0 Å². The predicted octanol–water partition coefficient (Wildman–Crippen LogP) is 2.00. The maximum atomic E-state index is 12.2. The molecule has 1 aromatic carbocycles. The van der Waals surface area contributed by atoms with Gasteiger partial charge in [0, 0.05) is 12.7 Å². The number of hydrogen-bond acceptors (Lipinski definition) is 3. The van der Waals surface area contributed by atoms with Gasteiger partial charge in [0.15, 0.2) is 5.75 Å². The third-order valence-electron chi connectivity index (χ3n) is 3.34. The molecule has 5 nitrogen and oxygen atoms in total. The van der Waals surface area contributed by atoms with E-state index in [0.717, 1.165) is 12.8 Å². The molecule has 0 fully saturated rings. The Morgan fingerprint density at radius 3 is 2.70 bits per heavy atom. The number of nitrogens with one attached hydrogen (secondary N) is 1. The fourth-order valence-electron chi connectivity index (χ4n) is 2.16. The van der Waals surface area contributed by atoms with Crippen LogP contribution in [0, 0.1) is 0 Å². The van der Waals surface area contributed by atoms with Gasteiger partial charge in [0.05, 0.1) is 6.61 Å². The lowest BCUT2D eigenvalue weighted by Crippen LogP contribution is -2.33. The van der Waals surface area contributed by atoms with E-state index in [2.05, 4.69) is 5.32 Å². The van der Waals surface area contributed by atoms with E-state index >= 15 is 0 Å². The van der Waals surface area contributed by atoms with Gasteiger partial charge in [-0.25, -0.2) is 0 Å². The molecule has 23 heavy (non-hydrogen) atoms. The normalized spacial score (nSPS) is 10.3. The molecule has 0 aliphatic rings. The van der Waals surface area contributed by atoms with E-state index in [0.29, 0.717) is 13.2 Å². The Kier molecular flexibility index (Phi) is 6.41. The molecule has 1 amide bonds. The van der Waals surface area contributed by atoms with Gasteiger partial charge < -0.3 is 14.6 Å². The largest absolute Gasteiger partial charge is 0.488 e. The van der Waals surface area contributed by atoms with Crippen molar-refractivity contribution < 1.29 is 9.53 Å². The van der Waals surface area contributed by atoms with Crippen LogP contribution >= 0.6 is 0 Å². The number of carbonyl (C=O) groups excluding carboxylic acids is 1. The van der Waals surface area contributed by atoms with Crippen LogP contribution in [0.25, 0.3) is 0 Å². The Labute approximate surface area is 135 Å². The Bertz CT molecular complexity index is 680. The van der Waals surface area contributed by atoms with E-state index < -0.39 is 0 Å². The molecule has 5 heteroatoms. The summed E-state index contributed by atoms with van der Waals surface area (Å²) in [5.41, 5.74) is 0.888. The molecule has 0 saturated carbocycles. The highest BCUT2D eigenvalue weighted by Crippen LogP contribution is 2.02. The number of carbonyl (C=O) groups is 1. The molecule has 0 aliphatic heterocycles. The molecule has 122 valence electrons. The topological polar surface area (TPSA) is 60.3 Å². The second-order valence-corrected chi connectivity index (χ2v) is 5.24. The summed E-state index contributed by atoms with van der Waals surface area (Å²) < 4.78 is 6.75. The maximum absolute atomic E-state index is 12.2. The maximum Gasteiger partial charge on any atom is 0.293 e. The van der Waals surface area contributed by atoms with Gasteiger partial charge in [0.25, 0.3) is 5.56 Å². The minimum absolute atomic E-state index is 0.00303. The fraction of sp³-hybridized carbons (Fsp3) is 0.333. The zero-order chi connectivity index (χ0) is 16.5. The third-order valence-corrected chi connectivity index (χ3v) is 3.34. The molecule has 0 saturated heterocycles. The van der Waals surface area contributed by atoms with Crippen LogP contribution in [0.3, 0.4) is 0 Å². The number of ether oxygens (including phenoxy) is 1. The van der Waals surface area contributed by atoms with Gasteiger partial charge in [-0.3, -0.25) is 9.59 Å². The van der Waals surface area contributed by atoms with Crippen LogP contribution in [0.15, 0.2) is 53.5 Å². The zero-order valence-electron chi connectivity index (χ0n) is 13.3. The smallest absolute Gasteiger partial charge is 0.293 e. The minimum Gasteiger partial charge on any atom is -0.488 e. The van der Waals surface area contributed by atoms with Crippen molar-refractivity contribution in [1.29, 1.82) is 0 Å². The van der Waals surface area contributed by atoms with Gasteiger partial charge in [-0.1, -0.05) is 37.3 Å². The molecule has 0 spiro atoms. The van der Waals surface area contributed by atoms with E-state index in [-0.39, 0.29) is 23.8 Å². The summed E-state index contributed by atoms with van der Waals surface area (Å²) in [4.78, 5) is 24.1. The summed E-state index contributed by atoms with van der Waals surface area (Å²) in [6, 6.07) is 13.3. The molecule has 0 unspecified atom stereocenters. The van der Waals surface area contributed by atoms with Gasteiger partial charge in [-0.05, 0) is 30.5 Å². The van der Waals surface area contributed by atoms with Crippen molar-refractivity contribution in [3.63, 3.8) is 0 Å². The Balaban J connectivity index is 1.86. The summed E-state index contributed by atoms with van der Waals surface area (Å²) in [5, 5.41) is 2.83. The van der Waals surface area contributed by atoms with E-state index in [9.17, 15) is 9.59 Å². The van der Waals surface area contributed by atoms with Crippen LogP contribution in [0.2, 0.25) is 0 Å². The molecular formula is C18H22N2O3. The van der Waals surface area contributed by atoms with Crippen LogP contribution in [0.4, 0.5) is 0 Å². The van der Waals surface area contributed by atoms with Gasteiger partial charge >= 0.3 is 0 Å². The van der Waals surface area contributed by atoms with Crippen molar-refractivity contribution in [1.82, 2.24) is 9.88 Å². The lowest BCUT2D eigenvalue weighted by molar-refractivity contribution is -0.121. The standard InChI is InChI=1S/C18H22N2O3/c1-2-13-23-16-9-6-12-20(18(16)22)14-17(21)19-11-10-15-7-4-3-5-8-15/h3-9,12H,2,10-11,13-14H2,1H3,(H,19,21). The number of benzene rings is 1. The number of hydrogen-bond donors (Lipinski definition) is 1. The van der Waals surface area contributed by atoms with Gasteiger partial charge in [0.1, 0.15) is 6.54 Å². The van der Waals surface area contributed by atoms with Crippen LogP contribution in [0.5, 0.6) is 5.75 Å². The third kappa shape index (κ3) is 5.29. The molecule has 0 atom stereocenters. The van der Waals surface area contributed by atoms with E-state index in [1.807, 2.05) is 37.3 Å². The lowest BCUT2D eigenvalue weighted by Gasteiger charge is -2.09. The summed E-state index contributed by atoms with van der Waals surface area (Å²) in [7, 11) is 0. The second kappa shape index (κ2) is 8.78. The molecule has 0 bridgehead atoms. The molecule has 2 rings (SSSR count). The molecule has 1 N–H and O–H groups in total. The lowest BCUT2D eigenvalue weighted by atomic mass is 10.1. The molecule has 2 aromatic rings. The SMILES string of the molecule is CCCOc1cccn(CC(=O)NCCc2ccccc2)c1=O. The Hall–Kier alpha value is -2.56. The molecule has 1 aromatic heterocycles. The van der Waals surface area contributed by atoms with Crippen molar-refractivity contribution in [3.8, 4) is 5.75 Å². The van der Waals surface area contributed by atoms with Crippen LogP contribution < -0.4 is 15.6 Å². The highest BCUT2D eigenvalue weighted by atomic mass is 16.5. The number of nitrogens with zero attached hydrogens (tertiary/aromatic N) is 1. The van der Waals surface area contributed by atoms with Gasteiger partial charge in [-0.15, -0.1) is 0 Å². The molecular weight excluding hydrogens is 292 g/mol. The highest BCUT2D eigenvalue weighted by Gasteiger charge is 2.08. The number of amides is 1. The van der Waals surface area contributed by atoms with Gasteiger partial charge in [0.2, 0.25) is 5.91 Å².